The van der Waals surface area contributed by atoms with E-state index in [-0.39, 0.29) is 22.8 Å². The van der Waals surface area contributed by atoms with Crippen molar-refractivity contribution in [3.8, 4) is 5.75 Å². The molecule has 0 atom stereocenters. The lowest BCUT2D eigenvalue weighted by molar-refractivity contribution is 0.0696. The average Bonchev–Trinajstić information content (AvgIpc) is 2.33. The van der Waals surface area contributed by atoms with Gasteiger partial charge in [-0.15, -0.1) is 0 Å². The van der Waals surface area contributed by atoms with Crippen LogP contribution in [0, 0.1) is 0 Å². The summed E-state index contributed by atoms with van der Waals surface area (Å²) in [5.41, 5.74) is -0.0724. The number of rotatable bonds is 3. The summed E-state index contributed by atoms with van der Waals surface area (Å²) in [4.78, 5) is 25.5. The van der Waals surface area contributed by atoms with Crippen molar-refractivity contribution in [2.75, 3.05) is 19.7 Å². The van der Waals surface area contributed by atoms with Gasteiger partial charge in [-0.3, -0.25) is 14.3 Å². The van der Waals surface area contributed by atoms with Crippen LogP contribution < -0.4 is 10.2 Å². The van der Waals surface area contributed by atoms with Gasteiger partial charge in [-0.25, -0.2) is 0 Å². The van der Waals surface area contributed by atoms with Crippen LogP contribution in [0.1, 0.15) is 24.3 Å². The summed E-state index contributed by atoms with van der Waals surface area (Å²) >= 11 is 0. The first-order valence-electron chi connectivity index (χ1n) is 5.71. The van der Waals surface area contributed by atoms with Crippen LogP contribution in [-0.2, 0) is 6.54 Å². The molecular weight excluding hydrogens is 222 g/mol. The molecule has 1 aromatic rings. The summed E-state index contributed by atoms with van der Waals surface area (Å²) in [6.45, 7) is 5.86. The molecule has 0 saturated heterocycles. The molecule has 2 heterocycles. The van der Waals surface area contributed by atoms with E-state index in [1.54, 1.807) is 16.5 Å². The molecule has 2 rings (SSSR count). The Bertz CT molecular complexity index is 495. The Balaban J connectivity index is 2.55. The van der Waals surface area contributed by atoms with Gasteiger partial charge in [-0.05, 0) is 13.8 Å². The number of hydrogen-bond donors (Lipinski definition) is 0. The van der Waals surface area contributed by atoms with Gasteiger partial charge in [0.2, 0.25) is 5.43 Å². The summed E-state index contributed by atoms with van der Waals surface area (Å²) in [6, 6.07) is 0. The van der Waals surface area contributed by atoms with Gasteiger partial charge in [0.25, 0.3) is 5.91 Å². The van der Waals surface area contributed by atoms with Crippen LogP contribution in [0.25, 0.3) is 0 Å². The van der Waals surface area contributed by atoms with Gasteiger partial charge in [-0.1, -0.05) is 0 Å². The summed E-state index contributed by atoms with van der Waals surface area (Å²) in [6.07, 6.45) is 1.20. The van der Waals surface area contributed by atoms with Gasteiger partial charge >= 0.3 is 0 Å². The molecule has 0 radical (unpaired) electrons. The molecule has 1 aliphatic heterocycles. The molecule has 1 aromatic heterocycles. The smallest absolute Gasteiger partial charge is 0.276 e. The first-order chi connectivity index (χ1) is 8.19. The Hall–Kier alpha value is -1.85. The van der Waals surface area contributed by atoms with E-state index in [2.05, 4.69) is 5.10 Å². The van der Waals surface area contributed by atoms with Crippen molar-refractivity contribution in [1.29, 1.82) is 0 Å². The maximum atomic E-state index is 12.1. The van der Waals surface area contributed by atoms with Crippen molar-refractivity contribution >= 4 is 5.91 Å². The van der Waals surface area contributed by atoms with Crippen molar-refractivity contribution in [1.82, 2.24) is 14.7 Å². The Morgan fingerprint density at radius 2 is 2.12 bits per heavy atom. The second-order valence-corrected chi connectivity index (χ2v) is 3.73. The van der Waals surface area contributed by atoms with E-state index in [1.165, 1.54) is 6.20 Å². The highest BCUT2D eigenvalue weighted by atomic mass is 16.5. The van der Waals surface area contributed by atoms with E-state index in [9.17, 15) is 9.59 Å². The van der Waals surface area contributed by atoms with E-state index in [1.807, 2.05) is 6.92 Å². The van der Waals surface area contributed by atoms with Crippen molar-refractivity contribution in [2.45, 2.75) is 20.4 Å². The van der Waals surface area contributed by atoms with E-state index in [0.717, 1.165) is 0 Å². The number of ether oxygens (including phenoxy) is 1. The molecule has 6 heteroatoms. The number of fused-ring (bicyclic) bond motifs is 1. The van der Waals surface area contributed by atoms with Crippen LogP contribution in [0.2, 0.25) is 0 Å². The van der Waals surface area contributed by atoms with Crippen molar-refractivity contribution in [2.24, 2.45) is 0 Å². The van der Waals surface area contributed by atoms with Gasteiger partial charge in [0.15, 0.2) is 11.4 Å². The molecule has 0 bridgehead atoms. The number of nitrogens with zero attached hydrogens (tertiary/aromatic N) is 3. The zero-order valence-corrected chi connectivity index (χ0v) is 9.97. The van der Waals surface area contributed by atoms with Crippen molar-refractivity contribution < 1.29 is 9.53 Å². The largest absolute Gasteiger partial charge is 0.488 e. The molecule has 1 aliphatic rings. The quantitative estimate of drug-likeness (QED) is 0.749. The highest BCUT2D eigenvalue weighted by molar-refractivity contribution is 5.95. The number of amides is 1. The molecule has 0 fully saturated rings. The number of carbonyl (C=O) groups is 1. The second-order valence-electron chi connectivity index (χ2n) is 3.73. The maximum absolute atomic E-state index is 12.1. The molecule has 0 unspecified atom stereocenters. The average molecular weight is 237 g/mol. The fraction of sp³-hybridized carbons (Fsp3) is 0.545. The fourth-order valence-corrected chi connectivity index (χ4v) is 1.90. The van der Waals surface area contributed by atoms with Crippen LogP contribution in [0.4, 0.5) is 0 Å². The van der Waals surface area contributed by atoms with Crippen LogP contribution >= 0.6 is 0 Å². The molecule has 6 nitrogen and oxygen atoms in total. The topological polar surface area (TPSA) is 64.4 Å². The predicted molar refractivity (Wildman–Crippen MR) is 61.2 cm³/mol. The molecular formula is C11H15N3O3. The predicted octanol–water partition coefficient (Wildman–Crippen LogP) is 0.118. The van der Waals surface area contributed by atoms with Gasteiger partial charge in [-0.2, -0.15) is 5.10 Å². The second kappa shape index (κ2) is 4.57. The third-order valence-electron chi connectivity index (χ3n) is 2.75. The molecule has 0 aliphatic carbocycles. The minimum Gasteiger partial charge on any atom is -0.488 e. The summed E-state index contributed by atoms with van der Waals surface area (Å²) in [7, 11) is 0. The highest BCUT2D eigenvalue weighted by Gasteiger charge is 2.28. The summed E-state index contributed by atoms with van der Waals surface area (Å²) < 4.78 is 6.82. The summed E-state index contributed by atoms with van der Waals surface area (Å²) in [5, 5.41) is 3.96. The SMILES string of the molecule is CCOc1c2n(ncc1=O)CCN(CC)C2=O. The molecule has 0 N–H and O–H groups in total. The van der Waals surface area contributed by atoms with E-state index in [0.29, 0.717) is 26.2 Å². The minimum absolute atomic E-state index is 0.116. The van der Waals surface area contributed by atoms with Crippen LogP contribution in [0.3, 0.4) is 0 Å². The lowest BCUT2D eigenvalue weighted by atomic mass is 10.2. The van der Waals surface area contributed by atoms with Crippen LogP contribution in [0.15, 0.2) is 11.0 Å². The number of likely N-dealkylation sites (N-methyl/N-ethyl adjacent to an activating group) is 1. The van der Waals surface area contributed by atoms with Crippen LogP contribution in [-0.4, -0.2) is 40.3 Å². The third-order valence-corrected chi connectivity index (χ3v) is 2.75. The Kier molecular flexibility index (Phi) is 3.12. The Morgan fingerprint density at radius 3 is 2.76 bits per heavy atom. The first-order valence-corrected chi connectivity index (χ1v) is 5.71. The zero-order valence-electron chi connectivity index (χ0n) is 9.97. The molecule has 1 amide bonds. The molecule has 17 heavy (non-hydrogen) atoms. The van der Waals surface area contributed by atoms with Gasteiger partial charge in [0, 0.05) is 13.1 Å². The Labute approximate surface area is 98.8 Å². The van der Waals surface area contributed by atoms with E-state index < -0.39 is 0 Å². The lowest BCUT2D eigenvalue weighted by Crippen LogP contribution is -2.42. The number of carbonyl (C=O) groups excluding carboxylic acids is 1. The lowest BCUT2D eigenvalue weighted by Gasteiger charge is -2.28. The van der Waals surface area contributed by atoms with E-state index >= 15 is 0 Å². The minimum atomic E-state index is -0.343. The standard InChI is InChI=1S/C11H15N3O3/c1-3-13-5-6-14-9(11(13)16)10(17-4-2)8(15)7-12-14/h7H,3-6H2,1-2H3. The number of aromatic nitrogens is 2. The molecule has 0 spiro atoms. The maximum Gasteiger partial charge on any atom is 0.276 e. The van der Waals surface area contributed by atoms with Crippen molar-refractivity contribution in [3.63, 3.8) is 0 Å². The molecule has 0 aromatic carbocycles. The molecule has 92 valence electrons. The highest BCUT2D eigenvalue weighted by Crippen LogP contribution is 2.18. The van der Waals surface area contributed by atoms with Crippen LogP contribution in [0.5, 0.6) is 5.75 Å². The molecule has 0 saturated carbocycles. The fourth-order valence-electron chi connectivity index (χ4n) is 1.90. The number of hydrogen-bond acceptors (Lipinski definition) is 4. The van der Waals surface area contributed by atoms with E-state index in [4.69, 9.17) is 4.74 Å². The van der Waals surface area contributed by atoms with Crippen molar-refractivity contribution in [3.05, 3.63) is 22.1 Å². The third kappa shape index (κ3) is 1.90. The first kappa shape index (κ1) is 11.6. The monoisotopic (exact) mass is 237 g/mol. The Morgan fingerprint density at radius 1 is 1.35 bits per heavy atom. The zero-order chi connectivity index (χ0) is 12.4. The summed E-state index contributed by atoms with van der Waals surface area (Å²) in [5.74, 6) is -0.0712. The normalized spacial score (nSPS) is 14.7. The van der Waals surface area contributed by atoms with Gasteiger partial charge in [0.1, 0.15) is 0 Å². The van der Waals surface area contributed by atoms with Gasteiger partial charge in [0.05, 0.1) is 19.3 Å². The van der Waals surface area contributed by atoms with Gasteiger partial charge < -0.3 is 9.64 Å².